The molecule has 1 unspecified atom stereocenters. The van der Waals surface area contributed by atoms with Crippen molar-refractivity contribution in [3.63, 3.8) is 0 Å². The highest BCUT2D eigenvalue weighted by Gasteiger charge is 2.24. The molecule has 0 fully saturated rings. The summed E-state index contributed by atoms with van der Waals surface area (Å²) in [6.07, 6.45) is 8.88. The zero-order chi connectivity index (χ0) is 34.0. The first-order valence-corrected chi connectivity index (χ1v) is 16.8. The van der Waals surface area contributed by atoms with Gasteiger partial charge in [0, 0.05) is 44.8 Å². The number of nitrogens with one attached hydrogen (secondary N) is 1. The number of methoxy groups -OCH3 is 1. The van der Waals surface area contributed by atoms with Gasteiger partial charge in [0.2, 0.25) is 0 Å². The second-order valence-electron chi connectivity index (χ2n) is 13.1. The molecule has 0 amide bonds. The van der Waals surface area contributed by atoms with E-state index in [1.54, 1.807) is 14.0 Å². The van der Waals surface area contributed by atoms with Crippen molar-refractivity contribution in [2.45, 2.75) is 124 Å². The average Bonchev–Trinajstić information content (AvgIpc) is 3.00. The van der Waals surface area contributed by atoms with Crippen molar-refractivity contribution in [1.29, 1.82) is 0 Å². The van der Waals surface area contributed by atoms with E-state index in [0.29, 0.717) is 96.4 Å². The molecule has 0 rings (SSSR count). The van der Waals surface area contributed by atoms with Gasteiger partial charge in [0.15, 0.2) is 0 Å². The minimum absolute atomic E-state index is 0.163. The van der Waals surface area contributed by atoms with Gasteiger partial charge in [-0.1, -0.05) is 37.0 Å². The Labute approximate surface area is 272 Å². The molecule has 0 aliphatic rings. The van der Waals surface area contributed by atoms with Crippen molar-refractivity contribution in [3.05, 3.63) is 0 Å². The Balaban J connectivity index is 4.27. The summed E-state index contributed by atoms with van der Waals surface area (Å²) in [5.41, 5.74) is 0.806. The van der Waals surface area contributed by atoms with Crippen LogP contribution in [0.4, 0.5) is 0 Å². The zero-order valence-electron chi connectivity index (χ0n) is 29.5. The van der Waals surface area contributed by atoms with E-state index in [1.165, 1.54) is 0 Å². The third-order valence-electron chi connectivity index (χ3n) is 8.62. The van der Waals surface area contributed by atoms with Gasteiger partial charge in [-0.3, -0.25) is 9.59 Å². The fourth-order valence-electron chi connectivity index (χ4n) is 4.80. The fraction of sp³-hybridized carbons (Fsp3) is 0.882. The van der Waals surface area contributed by atoms with Crippen LogP contribution in [0.15, 0.2) is 10.3 Å². The number of carbonyl (C=O) groups is 2. The summed E-state index contributed by atoms with van der Waals surface area (Å²) in [5.74, 6) is 0.848. The van der Waals surface area contributed by atoms with Crippen molar-refractivity contribution in [2.24, 2.45) is 21.6 Å². The average molecular weight is 644 g/mol. The third-order valence-corrected chi connectivity index (χ3v) is 8.62. The fourth-order valence-corrected chi connectivity index (χ4v) is 4.80. The van der Waals surface area contributed by atoms with E-state index < -0.39 is 5.54 Å². The summed E-state index contributed by atoms with van der Waals surface area (Å²) >= 11 is 0. The monoisotopic (exact) mass is 643 g/mol. The molecule has 3 N–H and O–H groups in total. The van der Waals surface area contributed by atoms with Crippen LogP contribution >= 0.6 is 0 Å². The predicted octanol–water partition coefficient (Wildman–Crippen LogP) is 6.21. The number of ketones is 2. The summed E-state index contributed by atoms with van der Waals surface area (Å²) in [6.45, 7) is 16.3. The molecule has 11 nitrogen and oxygen atoms in total. The minimum Gasteiger partial charge on any atom is -0.411 e. The Morgan fingerprint density at radius 1 is 0.667 bits per heavy atom. The van der Waals surface area contributed by atoms with Crippen LogP contribution < -0.4 is 5.32 Å². The number of Topliss-reactive ketones (excluding diaryl/α,β-unsaturated/α-hetero) is 2. The molecule has 45 heavy (non-hydrogen) atoms. The van der Waals surface area contributed by atoms with E-state index >= 15 is 0 Å². The summed E-state index contributed by atoms with van der Waals surface area (Å²) < 4.78 is 21.2. The molecule has 0 saturated carbocycles. The van der Waals surface area contributed by atoms with Gasteiger partial charge in [0.05, 0.1) is 56.6 Å². The molecule has 0 aromatic rings. The predicted molar refractivity (Wildman–Crippen MR) is 179 cm³/mol. The second kappa shape index (κ2) is 26.2. The van der Waals surface area contributed by atoms with E-state index in [2.05, 4.69) is 29.5 Å². The number of oxime groups is 2. The maximum Gasteiger partial charge on any atom is 0.133 e. The Morgan fingerprint density at radius 3 is 1.71 bits per heavy atom. The number of rotatable bonds is 31. The van der Waals surface area contributed by atoms with Crippen LogP contribution in [0.1, 0.15) is 119 Å². The zero-order valence-corrected chi connectivity index (χ0v) is 29.5. The minimum atomic E-state index is -0.397. The highest BCUT2D eigenvalue weighted by molar-refractivity contribution is 5.90. The van der Waals surface area contributed by atoms with Crippen LogP contribution in [0.25, 0.3) is 0 Å². The smallest absolute Gasteiger partial charge is 0.133 e. The largest absolute Gasteiger partial charge is 0.411 e. The van der Waals surface area contributed by atoms with Crippen LogP contribution in [-0.2, 0) is 28.5 Å². The van der Waals surface area contributed by atoms with Crippen LogP contribution in [0.3, 0.4) is 0 Å². The molecule has 0 spiro atoms. The van der Waals surface area contributed by atoms with Crippen molar-refractivity contribution >= 4 is 23.0 Å². The molecule has 0 aromatic carbocycles. The van der Waals surface area contributed by atoms with Crippen molar-refractivity contribution in [3.8, 4) is 0 Å². The van der Waals surface area contributed by atoms with Crippen LogP contribution in [0, 0.1) is 11.3 Å². The first-order valence-electron chi connectivity index (χ1n) is 16.8. The van der Waals surface area contributed by atoms with E-state index in [0.717, 1.165) is 50.8 Å². The van der Waals surface area contributed by atoms with E-state index in [1.807, 2.05) is 20.8 Å². The summed E-state index contributed by atoms with van der Waals surface area (Å²) in [6, 6.07) is 0. The molecule has 264 valence electrons. The number of ether oxygens (including phenoxy) is 4. The van der Waals surface area contributed by atoms with Gasteiger partial charge in [0.1, 0.15) is 11.6 Å². The lowest BCUT2D eigenvalue weighted by molar-refractivity contribution is -0.120. The first kappa shape index (κ1) is 43.1. The maximum absolute atomic E-state index is 12.5. The summed E-state index contributed by atoms with van der Waals surface area (Å²) in [4.78, 5) is 24.8. The molecule has 0 radical (unpaired) electrons. The standard InChI is InChI=1S/C34H65N3O8/c1-28(36-40)33(3,4)19-10-13-30(18-20-35-34(5,6)29(2)37-41)12-8-14-31(38)15-9-16-32(39)17-11-21-43-24-25-45-27-26-44-23-22-42-7/h30,35,40-41H,8-27H2,1-7H3/b36-28+,37-29+. The lowest BCUT2D eigenvalue weighted by Crippen LogP contribution is -2.46. The van der Waals surface area contributed by atoms with Gasteiger partial charge in [-0.2, -0.15) is 0 Å². The molecule has 11 heteroatoms. The summed E-state index contributed by atoms with van der Waals surface area (Å²) in [5, 5.41) is 28.6. The SMILES string of the molecule is COCCOCCOCCOCCCC(=O)CCCC(=O)CCCC(CCCC(C)(C)/C(C)=N/O)CCNC(C)(C)/C(C)=N/O. The van der Waals surface area contributed by atoms with Gasteiger partial charge in [0.25, 0.3) is 0 Å². The Bertz CT molecular complexity index is 809. The molecule has 0 heterocycles. The molecular formula is C34H65N3O8. The molecule has 0 aromatic heterocycles. The molecule has 0 aliphatic heterocycles. The molecule has 1 atom stereocenters. The maximum atomic E-state index is 12.5. The van der Waals surface area contributed by atoms with Crippen molar-refractivity contribution in [1.82, 2.24) is 5.32 Å². The van der Waals surface area contributed by atoms with Gasteiger partial charge in [-0.15, -0.1) is 0 Å². The first-order chi connectivity index (χ1) is 21.4. The van der Waals surface area contributed by atoms with Crippen LogP contribution in [0.2, 0.25) is 0 Å². The van der Waals surface area contributed by atoms with E-state index in [-0.39, 0.29) is 17.0 Å². The highest BCUT2D eigenvalue weighted by atomic mass is 16.6. The van der Waals surface area contributed by atoms with E-state index in [9.17, 15) is 14.8 Å². The van der Waals surface area contributed by atoms with Crippen molar-refractivity contribution < 1.29 is 39.0 Å². The number of hydrogen-bond acceptors (Lipinski definition) is 11. The Kier molecular flexibility index (Phi) is 25.1. The molecule has 0 bridgehead atoms. The number of hydrogen-bond donors (Lipinski definition) is 3. The summed E-state index contributed by atoms with van der Waals surface area (Å²) in [7, 11) is 1.64. The molecule has 0 aliphatic carbocycles. The van der Waals surface area contributed by atoms with Gasteiger partial charge < -0.3 is 34.7 Å². The highest BCUT2D eigenvalue weighted by Crippen LogP contribution is 2.28. The molecular weight excluding hydrogens is 578 g/mol. The topological polar surface area (TPSA) is 148 Å². The van der Waals surface area contributed by atoms with Gasteiger partial charge >= 0.3 is 0 Å². The normalized spacial score (nSPS) is 13.8. The van der Waals surface area contributed by atoms with Crippen molar-refractivity contribution in [2.75, 3.05) is 59.9 Å². The van der Waals surface area contributed by atoms with Gasteiger partial charge in [-0.05, 0) is 78.7 Å². The molecule has 0 saturated heterocycles. The third kappa shape index (κ3) is 23.1. The van der Waals surface area contributed by atoms with Crippen LogP contribution in [0.5, 0.6) is 0 Å². The quantitative estimate of drug-likeness (QED) is 0.0347. The van der Waals surface area contributed by atoms with Crippen LogP contribution in [-0.4, -0.2) is 98.8 Å². The van der Waals surface area contributed by atoms with E-state index in [4.69, 9.17) is 24.2 Å². The number of nitrogens with zero attached hydrogens (tertiary/aromatic N) is 2. The Hall–Kier alpha value is -1.92. The Morgan fingerprint density at radius 2 is 1.16 bits per heavy atom. The lowest BCUT2D eigenvalue weighted by Gasteiger charge is -2.28. The number of carbonyl (C=O) groups excluding carboxylic acids is 2. The lowest BCUT2D eigenvalue weighted by atomic mass is 9.81. The van der Waals surface area contributed by atoms with Gasteiger partial charge in [-0.25, -0.2) is 0 Å². The second-order valence-corrected chi connectivity index (χ2v) is 13.1.